The third-order valence-electron chi connectivity index (χ3n) is 5.85. The Bertz CT molecular complexity index is 351. The minimum atomic E-state index is -0.144. The zero-order valence-corrected chi connectivity index (χ0v) is 11.0. The van der Waals surface area contributed by atoms with Crippen molar-refractivity contribution in [2.45, 2.75) is 57.7 Å². The Morgan fingerprint density at radius 3 is 2.82 bits per heavy atom. The van der Waals surface area contributed by atoms with Gasteiger partial charge in [-0.1, -0.05) is 12.2 Å². The minimum Gasteiger partial charge on any atom is -0.392 e. The van der Waals surface area contributed by atoms with E-state index in [0.29, 0.717) is 11.8 Å². The first-order chi connectivity index (χ1) is 7.98. The number of aliphatic hydroxyl groups excluding tert-OH is 1. The van der Waals surface area contributed by atoms with E-state index in [9.17, 15) is 5.11 Å². The van der Waals surface area contributed by atoms with E-state index < -0.39 is 0 Å². The van der Waals surface area contributed by atoms with Crippen molar-refractivity contribution >= 4 is 0 Å². The van der Waals surface area contributed by atoms with Crippen molar-refractivity contribution in [2.75, 3.05) is 6.61 Å². The van der Waals surface area contributed by atoms with Crippen LogP contribution in [0.5, 0.6) is 0 Å². The van der Waals surface area contributed by atoms with E-state index in [4.69, 9.17) is 4.74 Å². The molecule has 3 fully saturated rings. The molecule has 0 radical (unpaired) electrons. The molecule has 2 bridgehead atoms. The molecule has 0 aromatic heterocycles. The number of aliphatic hydroxyl groups is 1. The summed E-state index contributed by atoms with van der Waals surface area (Å²) in [5.41, 5.74) is 1.40. The van der Waals surface area contributed by atoms with Gasteiger partial charge in [-0.15, -0.1) is 0 Å². The SMILES string of the molecule is C=C(C)C1CCC23COC(C)(CCC2O)C3C1. The normalized spacial score (nSPS) is 53.2. The summed E-state index contributed by atoms with van der Waals surface area (Å²) in [5, 5.41) is 10.4. The molecule has 5 atom stereocenters. The average molecular weight is 236 g/mol. The van der Waals surface area contributed by atoms with Gasteiger partial charge < -0.3 is 9.84 Å². The predicted molar refractivity (Wildman–Crippen MR) is 67.7 cm³/mol. The highest BCUT2D eigenvalue weighted by molar-refractivity contribution is 5.14. The zero-order valence-electron chi connectivity index (χ0n) is 11.0. The van der Waals surface area contributed by atoms with Gasteiger partial charge in [0.15, 0.2) is 0 Å². The Kier molecular flexibility index (Phi) is 2.47. The van der Waals surface area contributed by atoms with E-state index in [1.165, 1.54) is 18.4 Å². The van der Waals surface area contributed by atoms with E-state index >= 15 is 0 Å². The summed E-state index contributed by atoms with van der Waals surface area (Å²) in [6.07, 6.45) is 5.26. The van der Waals surface area contributed by atoms with E-state index in [1.807, 2.05) is 0 Å². The van der Waals surface area contributed by atoms with Crippen LogP contribution in [-0.4, -0.2) is 23.4 Å². The Balaban J connectivity index is 1.93. The smallest absolute Gasteiger partial charge is 0.0691 e. The highest BCUT2D eigenvalue weighted by Gasteiger charge is 2.63. The van der Waals surface area contributed by atoms with Gasteiger partial charge in [0.05, 0.1) is 18.3 Å². The van der Waals surface area contributed by atoms with Crippen LogP contribution in [0.4, 0.5) is 0 Å². The molecule has 2 nitrogen and oxygen atoms in total. The molecule has 0 aromatic carbocycles. The van der Waals surface area contributed by atoms with Crippen LogP contribution in [0.15, 0.2) is 12.2 Å². The van der Waals surface area contributed by atoms with E-state index in [2.05, 4.69) is 20.4 Å². The van der Waals surface area contributed by atoms with Crippen LogP contribution in [0.25, 0.3) is 0 Å². The lowest BCUT2D eigenvalue weighted by Gasteiger charge is -2.51. The molecule has 17 heavy (non-hydrogen) atoms. The first-order valence-electron chi connectivity index (χ1n) is 6.95. The highest BCUT2D eigenvalue weighted by atomic mass is 16.5. The largest absolute Gasteiger partial charge is 0.392 e. The fourth-order valence-electron chi connectivity index (χ4n) is 4.58. The third-order valence-corrected chi connectivity index (χ3v) is 5.85. The molecule has 2 heteroatoms. The first-order valence-corrected chi connectivity index (χ1v) is 6.95. The van der Waals surface area contributed by atoms with Crippen LogP contribution < -0.4 is 0 Å². The number of rotatable bonds is 1. The summed E-state index contributed by atoms with van der Waals surface area (Å²) < 4.78 is 6.11. The van der Waals surface area contributed by atoms with Crippen molar-refractivity contribution in [3.05, 3.63) is 12.2 Å². The number of ether oxygens (including phenoxy) is 1. The van der Waals surface area contributed by atoms with Crippen LogP contribution in [-0.2, 0) is 4.74 Å². The molecule has 1 aliphatic heterocycles. The van der Waals surface area contributed by atoms with Gasteiger partial charge in [-0.3, -0.25) is 0 Å². The number of hydrogen-bond acceptors (Lipinski definition) is 2. The summed E-state index contributed by atoms with van der Waals surface area (Å²) in [6, 6.07) is 0. The predicted octanol–water partition coefficient (Wildman–Crippen LogP) is 2.91. The molecule has 0 aromatic rings. The van der Waals surface area contributed by atoms with Crippen LogP contribution in [0.1, 0.15) is 46.0 Å². The van der Waals surface area contributed by atoms with Gasteiger partial charge in [0, 0.05) is 5.41 Å². The van der Waals surface area contributed by atoms with Gasteiger partial charge in [-0.05, 0) is 57.8 Å². The fourth-order valence-corrected chi connectivity index (χ4v) is 4.58. The summed E-state index contributed by atoms with van der Waals surface area (Å²) in [6.45, 7) is 9.30. The van der Waals surface area contributed by atoms with Crippen molar-refractivity contribution in [2.24, 2.45) is 17.3 Å². The van der Waals surface area contributed by atoms with Crippen molar-refractivity contribution in [3.63, 3.8) is 0 Å². The molecular weight excluding hydrogens is 212 g/mol. The van der Waals surface area contributed by atoms with Crippen molar-refractivity contribution < 1.29 is 9.84 Å². The molecular formula is C15H24O2. The van der Waals surface area contributed by atoms with Crippen LogP contribution in [0.3, 0.4) is 0 Å². The maximum Gasteiger partial charge on any atom is 0.0691 e. The van der Waals surface area contributed by atoms with Crippen molar-refractivity contribution in [3.8, 4) is 0 Å². The fraction of sp³-hybridized carbons (Fsp3) is 0.867. The van der Waals surface area contributed by atoms with Gasteiger partial charge in [-0.25, -0.2) is 0 Å². The topological polar surface area (TPSA) is 29.5 Å². The average Bonchev–Trinajstić information content (AvgIpc) is 2.54. The highest BCUT2D eigenvalue weighted by Crippen LogP contribution is 2.61. The van der Waals surface area contributed by atoms with Crippen LogP contribution in [0.2, 0.25) is 0 Å². The molecule has 3 rings (SSSR count). The van der Waals surface area contributed by atoms with Crippen LogP contribution >= 0.6 is 0 Å². The van der Waals surface area contributed by atoms with Gasteiger partial charge in [0.2, 0.25) is 0 Å². The molecule has 2 aliphatic carbocycles. The van der Waals surface area contributed by atoms with E-state index in [0.717, 1.165) is 25.9 Å². The van der Waals surface area contributed by atoms with Crippen molar-refractivity contribution in [1.29, 1.82) is 0 Å². The van der Waals surface area contributed by atoms with Gasteiger partial charge >= 0.3 is 0 Å². The molecule has 0 spiro atoms. The third kappa shape index (κ3) is 1.47. The second-order valence-electron chi connectivity index (χ2n) is 6.76. The summed E-state index contributed by atoms with van der Waals surface area (Å²) in [5.74, 6) is 1.17. The maximum atomic E-state index is 10.4. The Morgan fingerprint density at radius 1 is 1.35 bits per heavy atom. The lowest BCUT2D eigenvalue weighted by atomic mass is 9.53. The second-order valence-corrected chi connectivity index (χ2v) is 6.76. The summed E-state index contributed by atoms with van der Waals surface area (Å²) in [7, 11) is 0. The monoisotopic (exact) mass is 236 g/mol. The second kappa shape index (κ2) is 3.58. The molecule has 1 saturated heterocycles. The summed E-state index contributed by atoms with van der Waals surface area (Å²) in [4.78, 5) is 0. The van der Waals surface area contributed by atoms with E-state index in [1.54, 1.807) is 0 Å². The van der Waals surface area contributed by atoms with Gasteiger partial charge in [-0.2, -0.15) is 0 Å². The Labute approximate surface area is 104 Å². The number of hydrogen-bond donors (Lipinski definition) is 1. The van der Waals surface area contributed by atoms with Gasteiger partial charge in [0.1, 0.15) is 0 Å². The standard InChI is InChI=1S/C15H24O2/c1-10(2)11-4-7-15-9-17-14(3,12(15)8-11)6-5-13(15)16/h11-13,16H,1,4-9H2,2-3H3. The van der Waals surface area contributed by atoms with Crippen molar-refractivity contribution in [1.82, 2.24) is 0 Å². The first kappa shape index (κ1) is 11.7. The Hall–Kier alpha value is -0.340. The molecule has 3 aliphatic rings. The van der Waals surface area contributed by atoms with Gasteiger partial charge in [0.25, 0.3) is 0 Å². The number of allylic oxidation sites excluding steroid dienone is 1. The van der Waals surface area contributed by atoms with E-state index in [-0.39, 0.29) is 17.1 Å². The van der Waals surface area contributed by atoms with Crippen LogP contribution in [0, 0.1) is 17.3 Å². The Morgan fingerprint density at radius 2 is 2.12 bits per heavy atom. The quantitative estimate of drug-likeness (QED) is 0.709. The molecule has 1 N–H and O–H groups in total. The molecule has 1 heterocycles. The lowest BCUT2D eigenvalue weighted by Crippen LogP contribution is -2.53. The molecule has 0 amide bonds. The lowest BCUT2D eigenvalue weighted by molar-refractivity contribution is -0.0871. The maximum absolute atomic E-state index is 10.4. The molecule has 2 saturated carbocycles. The minimum absolute atomic E-state index is 0.0212. The molecule has 96 valence electrons. The zero-order chi connectivity index (χ0) is 12.3. The summed E-state index contributed by atoms with van der Waals surface area (Å²) >= 11 is 0. The molecule has 5 unspecified atom stereocenters.